The van der Waals surface area contributed by atoms with Gasteiger partial charge in [-0.15, -0.1) is 0 Å². The van der Waals surface area contributed by atoms with Crippen LogP contribution in [0.4, 0.5) is 5.69 Å². The number of rotatable bonds is 5. The van der Waals surface area contributed by atoms with Crippen LogP contribution >= 0.6 is 0 Å². The third-order valence-electron chi connectivity index (χ3n) is 2.87. The van der Waals surface area contributed by atoms with Gasteiger partial charge in [-0.3, -0.25) is 9.78 Å². The molecule has 0 aliphatic heterocycles. The van der Waals surface area contributed by atoms with Crippen molar-refractivity contribution < 1.29 is 4.79 Å². The van der Waals surface area contributed by atoms with Gasteiger partial charge in [-0.1, -0.05) is 12.1 Å². The average Bonchev–Trinajstić information content (AvgIpc) is 2.43. The van der Waals surface area contributed by atoms with E-state index in [0.29, 0.717) is 6.54 Å². The molecular weight excluding hydrogens is 250 g/mol. The Morgan fingerprint density at radius 2 is 1.90 bits per heavy atom. The van der Waals surface area contributed by atoms with Gasteiger partial charge >= 0.3 is 0 Å². The number of carbonyl (C=O) groups excluding carboxylic acids is 1. The van der Waals surface area contributed by atoms with Gasteiger partial charge in [-0.25, -0.2) is 0 Å². The molecule has 0 radical (unpaired) electrons. The monoisotopic (exact) mass is 269 g/mol. The van der Waals surface area contributed by atoms with Crippen molar-refractivity contribution in [3.63, 3.8) is 0 Å². The fourth-order valence-corrected chi connectivity index (χ4v) is 2.01. The summed E-state index contributed by atoms with van der Waals surface area (Å²) >= 11 is 0. The number of anilines is 1. The zero-order valence-electron chi connectivity index (χ0n) is 11.8. The van der Waals surface area contributed by atoms with E-state index in [0.717, 1.165) is 11.4 Å². The van der Waals surface area contributed by atoms with Crippen LogP contribution < -0.4 is 10.6 Å². The Hall–Kier alpha value is -2.36. The van der Waals surface area contributed by atoms with Crippen molar-refractivity contribution in [1.29, 1.82) is 0 Å². The molecule has 0 saturated heterocycles. The van der Waals surface area contributed by atoms with Crippen molar-refractivity contribution in [2.24, 2.45) is 0 Å². The van der Waals surface area contributed by atoms with Gasteiger partial charge < -0.3 is 10.6 Å². The van der Waals surface area contributed by atoms with Gasteiger partial charge in [0.25, 0.3) is 0 Å². The minimum Gasteiger partial charge on any atom is -0.376 e. The number of pyridine rings is 1. The quantitative estimate of drug-likeness (QED) is 0.876. The maximum Gasteiger partial charge on any atom is 0.239 e. The van der Waals surface area contributed by atoms with E-state index in [1.807, 2.05) is 44.2 Å². The highest BCUT2D eigenvalue weighted by molar-refractivity contribution is 5.80. The number of nitrogens with one attached hydrogen (secondary N) is 2. The van der Waals surface area contributed by atoms with E-state index in [-0.39, 0.29) is 12.5 Å². The molecule has 0 aliphatic rings. The number of hydrogen-bond acceptors (Lipinski definition) is 3. The van der Waals surface area contributed by atoms with Crippen LogP contribution in [-0.4, -0.2) is 17.4 Å². The molecule has 4 nitrogen and oxygen atoms in total. The van der Waals surface area contributed by atoms with Crippen LogP contribution in [0.15, 0.2) is 42.6 Å². The van der Waals surface area contributed by atoms with Crippen molar-refractivity contribution in [3.05, 3.63) is 59.4 Å². The summed E-state index contributed by atoms with van der Waals surface area (Å²) in [5, 5.41) is 5.96. The molecule has 0 saturated carbocycles. The van der Waals surface area contributed by atoms with Crippen LogP contribution in [0.1, 0.15) is 16.8 Å². The third-order valence-corrected chi connectivity index (χ3v) is 2.87. The molecule has 0 atom stereocenters. The Morgan fingerprint density at radius 1 is 1.15 bits per heavy atom. The summed E-state index contributed by atoms with van der Waals surface area (Å²) < 4.78 is 0. The fraction of sp³-hybridized carbons (Fsp3) is 0.250. The number of aromatic nitrogens is 1. The Kier molecular flexibility index (Phi) is 4.71. The first-order valence-electron chi connectivity index (χ1n) is 6.62. The maximum absolute atomic E-state index is 11.8. The summed E-state index contributed by atoms with van der Waals surface area (Å²) in [5.41, 5.74) is 4.19. The molecule has 1 aromatic heterocycles. The Bertz CT molecular complexity index is 561. The van der Waals surface area contributed by atoms with Crippen molar-refractivity contribution in [2.45, 2.75) is 20.4 Å². The van der Waals surface area contributed by atoms with Crippen LogP contribution in [-0.2, 0) is 11.3 Å². The lowest BCUT2D eigenvalue weighted by molar-refractivity contribution is -0.119. The summed E-state index contributed by atoms with van der Waals surface area (Å²) in [7, 11) is 0. The molecule has 1 aromatic carbocycles. The van der Waals surface area contributed by atoms with Gasteiger partial charge in [0.15, 0.2) is 0 Å². The second-order valence-corrected chi connectivity index (χ2v) is 4.83. The van der Waals surface area contributed by atoms with Crippen LogP contribution in [0.2, 0.25) is 0 Å². The van der Waals surface area contributed by atoms with E-state index in [2.05, 4.69) is 21.7 Å². The number of benzene rings is 1. The molecule has 0 fully saturated rings. The van der Waals surface area contributed by atoms with Gasteiger partial charge in [0.1, 0.15) is 0 Å². The molecule has 1 amide bonds. The summed E-state index contributed by atoms with van der Waals surface area (Å²) in [4.78, 5) is 15.9. The standard InChI is InChI=1S/C16H19N3O/c1-12-7-13(2)9-15(8-12)18-11-16(20)19-10-14-5-3-4-6-17-14/h3-9,18H,10-11H2,1-2H3,(H,19,20). The number of amides is 1. The molecule has 0 spiro atoms. The smallest absolute Gasteiger partial charge is 0.239 e. The molecule has 4 heteroatoms. The number of carbonyl (C=O) groups is 1. The van der Waals surface area contributed by atoms with E-state index in [9.17, 15) is 4.79 Å². The molecule has 0 aliphatic carbocycles. The Labute approximate surface area is 119 Å². The first kappa shape index (κ1) is 14.1. The number of hydrogen-bond donors (Lipinski definition) is 2. The van der Waals surface area contributed by atoms with Gasteiger partial charge in [-0.05, 0) is 49.2 Å². The lowest BCUT2D eigenvalue weighted by Crippen LogP contribution is -2.29. The molecular formula is C16H19N3O. The predicted molar refractivity (Wildman–Crippen MR) is 80.5 cm³/mol. The molecule has 0 bridgehead atoms. The second kappa shape index (κ2) is 6.70. The van der Waals surface area contributed by atoms with Crippen LogP contribution in [0.3, 0.4) is 0 Å². The maximum atomic E-state index is 11.8. The average molecular weight is 269 g/mol. The molecule has 2 N–H and O–H groups in total. The van der Waals surface area contributed by atoms with Crippen molar-refractivity contribution in [1.82, 2.24) is 10.3 Å². The third kappa shape index (κ3) is 4.39. The summed E-state index contributed by atoms with van der Waals surface area (Å²) in [6.07, 6.45) is 1.72. The van der Waals surface area contributed by atoms with Gasteiger partial charge in [0, 0.05) is 11.9 Å². The highest BCUT2D eigenvalue weighted by Gasteiger charge is 2.02. The predicted octanol–water partition coefficient (Wildman–Crippen LogP) is 2.43. The molecule has 2 aromatic rings. The molecule has 1 heterocycles. The minimum atomic E-state index is -0.0465. The summed E-state index contributed by atoms with van der Waals surface area (Å²) in [6, 6.07) is 11.8. The molecule has 0 unspecified atom stereocenters. The van der Waals surface area contributed by atoms with E-state index < -0.39 is 0 Å². The van der Waals surface area contributed by atoms with E-state index in [1.54, 1.807) is 6.20 Å². The molecule has 20 heavy (non-hydrogen) atoms. The highest BCUT2D eigenvalue weighted by Crippen LogP contribution is 2.13. The highest BCUT2D eigenvalue weighted by atomic mass is 16.1. The van der Waals surface area contributed by atoms with Crippen LogP contribution in [0.25, 0.3) is 0 Å². The van der Waals surface area contributed by atoms with Crippen LogP contribution in [0.5, 0.6) is 0 Å². The lowest BCUT2D eigenvalue weighted by Gasteiger charge is -2.09. The summed E-state index contributed by atoms with van der Waals surface area (Å²) in [5.74, 6) is -0.0465. The first-order valence-corrected chi connectivity index (χ1v) is 6.62. The SMILES string of the molecule is Cc1cc(C)cc(NCC(=O)NCc2ccccn2)c1. The minimum absolute atomic E-state index is 0.0465. The van der Waals surface area contributed by atoms with Gasteiger partial charge in [-0.2, -0.15) is 0 Å². The van der Waals surface area contributed by atoms with Crippen LogP contribution in [0, 0.1) is 13.8 Å². The molecule has 2 rings (SSSR count). The zero-order chi connectivity index (χ0) is 14.4. The fourth-order valence-electron chi connectivity index (χ4n) is 2.01. The zero-order valence-corrected chi connectivity index (χ0v) is 11.8. The van der Waals surface area contributed by atoms with E-state index in [1.165, 1.54) is 11.1 Å². The normalized spacial score (nSPS) is 10.1. The Balaban J connectivity index is 1.80. The second-order valence-electron chi connectivity index (χ2n) is 4.83. The number of nitrogens with zero attached hydrogens (tertiary/aromatic N) is 1. The largest absolute Gasteiger partial charge is 0.376 e. The van der Waals surface area contributed by atoms with Crippen molar-refractivity contribution in [3.8, 4) is 0 Å². The van der Waals surface area contributed by atoms with Gasteiger partial charge in [0.2, 0.25) is 5.91 Å². The van der Waals surface area contributed by atoms with E-state index >= 15 is 0 Å². The van der Waals surface area contributed by atoms with Crippen molar-refractivity contribution >= 4 is 11.6 Å². The van der Waals surface area contributed by atoms with Gasteiger partial charge in [0.05, 0.1) is 18.8 Å². The number of aryl methyl sites for hydroxylation is 2. The Morgan fingerprint density at radius 3 is 2.55 bits per heavy atom. The first-order chi connectivity index (χ1) is 9.63. The topological polar surface area (TPSA) is 54.0 Å². The summed E-state index contributed by atoms with van der Waals surface area (Å²) in [6.45, 7) is 4.79. The van der Waals surface area contributed by atoms with E-state index in [4.69, 9.17) is 0 Å². The molecule has 104 valence electrons. The van der Waals surface area contributed by atoms with Crippen molar-refractivity contribution in [2.75, 3.05) is 11.9 Å². The lowest BCUT2D eigenvalue weighted by atomic mass is 10.1.